The molecule has 0 aliphatic carbocycles. The van der Waals surface area contributed by atoms with E-state index in [0.717, 1.165) is 0 Å². The Balaban J connectivity index is 1.75. The Morgan fingerprint density at radius 2 is 2.04 bits per heavy atom. The summed E-state index contributed by atoms with van der Waals surface area (Å²) in [6.07, 6.45) is 3.96. The lowest BCUT2D eigenvalue weighted by Crippen LogP contribution is -2.41. The number of carbonyl (C=O) groups is 1. The molecule has 2 unspecified atom stereocenters. The summed E-state index contributed by atoms with van der Waals surface area (Å²) in [5.41, 5.74) is 0.468. The Kier molecular flexibility index (Phi) is 4.36. The molecule has 1 N–H and O–H groups in total. The molecular weight excluding hydrogens is 344 g/mol. The predicted molar refractivity (Wildman–Crippen MR) is 96.7 cm³/mol. The van der Waals surface area contributed by atoms with Crippen LogP contribution in [0.1, 0.15) is 5.56 Å². The topological polar surface area (TPSA) is 94.3 Å². The molecule has 2 saturated heterocycles. The van der Waals surface area contributed by atoms with Gasteiger partial charge >= 0.3 is 6.03 Å². The van der Waals surface area contributed by atoms with Crippen molar-refractivity contribution in [1.29, 1.82) is 0 Å². The molecule has 25 heavy (non-hydrogen) atoms. The van der Waals surface area contributed by atoms with Gasteiger partial charge in [-0.25, -0.2) is 4.79 Å². The van der Waals surface area contributed by atoms with Crippen LogP contribution in [0.3, 0.4) is 0 Å². The van der Waals surface area contributed by atoms with Crippen molar-refractivity contribution in [2.75, 3.05) is 14.1 Å². The van der Waals surface area contributed by atoms with Gasteiger partial charge in [0.2, 0.25) is 0 Å². The molecule has 2 amide bonds. The van der Waals surface area contributed by atoms with Gasteiger partial charge in [0.15, 0.2) is 11.3 Å². The van der Waals surface area contributed by atoms with Gasteiger partial charge in [0.1, 0.15) is 6.17 Å². The molecule has 3 rings (SSSR count). The van der Waals surface area contributed by atoms with Gasteiger partial charge in [-0.3, -0.25) is 10.1 Å². The zero-order chi connectivity index (χ0) is 18.1. The van der Waals surface area contributed by atoms with Crippen LogP contribution in [0.25, 0.3) is 6.08 Å². The number of para-hydroxylation sites is 1. The van der Waals surface area contributed by atoms with Gasteiger partial charge < -0.3 is 15.1 Å². The third kappa shape index (κ3) is 2.91. The molecule has 2 aliphatic rings. The lowest BCUT2D eigenvalue weighted by Gasteiger charge is -2.23. The van der Waals surface area contributed by atoms with Crippen LogP contribution in [0.2, 0.25) is 0 Å². The summed E-state index contributed by atoms with van der Waals surface area (Å²) in [4.78, 5) is 26.2. The third-order valence-corrected chi connectivity index (χ3v) is 4.69. The van der Waals surface area contributed by atoms with E-state index in [0.29, 0.717) is 10.7 Å². The highest BCUT2D eigenvalue weighted by molar-refractivity contribution is 7.80. The van der Waals surface area contributed by atoms with Crippen molar-refractivity contribution >= 4 is 41.3 Å². The van der Waals surface area contributed by atoms with Crippen LogP contribution in [-0.2, 0) is 0 Å². The van der Waals surface area contributed by atoms with Crippen LogP contribution in [-0.4, -0.2) is 63.5 Å². The van der Waals surface area contributed by atoms with Gasteiger partial charge in [0, 0.05) is 26.4 Å². The quantitative estimate of drug-likeness (QED) is 0.378. The molecule has 9 nitrogen and oxygen atoms in total. The maximum Gasteiger partial charge on any atom is 0.341 e. The summed E-state index contributed by atoms with van der Waals surface area (Å²) in [6.45, 7) is 0. The second-order valence-electron chi connectivity index (χ2n) is 5.60. The minimum absolute atomic E-state index is 0.00799. The first kappa shape index (κ1) is 16.8. The van der Waals surface area contributed by atoms with Crippen LogP contribution in [0.5, 0.6) is 0 Å². The molecule has 1 aromatic rings. The van der Waals surface area contributed by atoms with Crippen molar-refractivity contribution in [3.8, 4) is 0 Å². The molecule has 0 bridgehead atoms. The first-order valence-electron chi connectivity index (χ1n) is 7.45. The van der Waals surface area contributed by atoms with Crippen molar-refractivity contribution in [3.05, 3.63) is 46.0 Å². The molecule has 0 saturated carbocycles. The molecule has 0 radical (unpaired) electrons. The summed E-state index contributed by atoms with van der Waals surface area (Å²) < 4.78 is 0. The van der Waals surface area contributed by atoms with E-state index >= 15 is 0 Å². The summed E-state index contributed by atoms with van der Waals surface area (Å²) >= 11 is 5.29. The van der Waals surface area contributed by atoms with Gasteiger partial charge in [-0.1, -0.05) is 12.1 Å². The number of fused-ring (bicyclic) bond motifs is 1. The molecule has 130 valence electrons. The van der Waals surface area contributed by atoms with Crippen LogP contribution in [0.4, 0.5) is 10.5 Å². The number of hydrogen-bond donors (Lipinski definition) is 1. The summed E-state index contributed by atoms with van der Waals surface area (Å²) in [5, 5.41) is 19.9. The van der Waals surface area contributed by atoms with Gasteiger partial charge in [-0.15, -0.1) is 0 Å². The fraction of sp³-hybridized carbons (Fsp3) is 0.267. The average Bonchev–Trinajstić information content (AvgIpc) is 3.02. The standard InChI is InChI=1S/C15H16N6O3S/c1-18-12-13(19(2)15(18)25)20(14(22)17-12)16-9-5-7-10-6-3-4-8-11(10)21(23)24/h3-9,12-13H,1-2H3,(H,17,22)/b7-5+,16-9+. The Morgan fingerprint density at radius 1 is 1.32 bits per heavy atom. The molecular formula is C15H16N6O3S. The number of nitro benzene ring substituents is 1. The highest BCUT2D eigenvalue weighted by atomic mass is 32.1. The molecule has 10 heteroatoms. The molecule has 2 fully saturated rings. The number of likely N-dealkylation sites (N-methyl/N-ethyl adjacent to an activating group) is 2. The highest BCUT2D eigenvalue weighted by Crippen LogP contribution is 2.26. The monoisotopic (exact) mass is 360 g/mol. The summed E-state index contributed by atoms with van der Waals surface area (Å²) in [5.74, 6) is 0. The Bertz CT molecular complexity index is 795. The van der Waals surface area contributed by atoms with E-state index in [1.165, 1.54) is 17.3 Å². The van der Waals surface area contributed by atoms with E-state index in [2.05, 4.69) is 10.4 Å². The zero-order valence-corrected chi connectivity index (χ0v) is 14.4. The normalized spacial score (nSPS) is 23.0. The van der Waals surface area contributed by atoms with E-state index in [1.54, 1.807) is 47.2 Å². The number of thiocarbonyl (C=S) groups is 1. The second kappa shape index (κ2) is 6.48. The van der Waals surface area contributed by atoms with Gasteiger partial charge in [-0.2, -0.15) is 10.1 Å². The molecule has 2 atom stereocenters. The zero-order valence-electron chi connectivity index (χ0n) is 13.6. The number of amides is 2. The van der Waals surface area contributed by atoms with E-state index < -0.39 is 4.92 Å². The number of rotatable bonds is 4. The minimum atomic E-state index is -0.445. The molecule has 2 heterocycles. The highest BCUT2D eigenvalue weighted by Gasteiger charge is 2.51. The summed E-state index contributed by atoms with van der Waals surface area (Å²) in [7, 11) is 3.61. The van der Waals surface area contributed by atoms with Crippen LogP contribution < -0.4 is 5.32 Å². The number of urea groups is 1. The molecule has 0 aromatic heterocycles. The fourth-order valence-electron chi connectivity index (χ4n) is 2.85. The van der Waals surface area contributed by atoms with E-state index in [4.69, 9.17) is 12.2 Å². The lowest BCUT2D eigenvalue weighted by molar-refractivity contribution is -0.385. The van der Waals surface area contributed by atoms with Crippen molar-refractivity contribution in [1.82, 2.24) is 20.1 Å². The van der Waals surface area contributed by atoms with Gasteiger partial charge in [-0.05, 0) is 30.4 Å². The predicted octanol–water partition coefficient (Wildman–Crippen LogP) is 1.43. The first-order chi connectivity index (χ1) is 11.9. The Labute approximate surface area is 149 Å². The maximum absolute atomic E-state index is 12.1. The van der Waals surface area contributed by atoms with Crippen LogP contribution in [0, 0.1) is 10.1 Å². The second-order valence-corrected chi connectivity index (χ2v) is 5.96. The van der Waals surface area contributed by atoms with E-state index in [9.17, 15) is 14.9 Å². The molecule has 1 aromatic carbocycles. The van der Waals surface area contributed by atoms with Crippen molar-refractivity contribution in [2.24, 2.45) is 5.10 Å². The minimum Gasteiger partial charge on any atom is -0.328 e. The average molecular weight is 360 g/mol. The first-order valence-corrected chi connectivity index (χ1v) is 7.86. The number of nitrogens with zero attached hydrogens (tertiary/aromatic N) is 5. The number of nitro groups is 1. The summed E-state index contributed by atoms with van der Waals surface area (Å²) in [6, 6.07) is 6.06. The van der Waals surface area contributed by atoms with E-state index in [1.807, 2.05) is 7.05 Å². The van der Waals surface area contributed by atoms with Crippen LogP contribution in [0.15, 0.2) is 35.4 Å². The van der Waals surface area contributed by atoms with Crippen molar-refractivity contribution in [3.63, 3.8) is 0 Å². The number of nitrogens with one attached hydrogen (secondary N) is 1. The molecule has 0 spiro atoms. The smallest absolute Gasteiger partial charge is 0.328 e. The van der Waals surface area contributed by atoms with Crippen molar-refractivity contribution in [2.45, 2.75) is 12.3 Å². The Hall–Kier alpha value is -3.01. The lowest BCUT2D eigenvalue weighted by atomic mass is 10.2. The number of hydrogen-bond acceptors (Lipinski definition) is 5. The van der Waals surface area contributed by atoms with E-state index in [-0.39, 0.29) is 24.1 Å². The van der Waals surface area contributed by atoms with Gasteiger partial charge in [0.25, 0.3) is 5.69 Å². The maximum atomic E-state index is 12.1. The number of benzene rings is 1. The SMILES string of the molecule is CN1C(=S)N(C)C2C1NC(=O)N2/N=C/C=C/c1ccccc1[N+](=O)[O-]. The van der Waals surface area contributed by atoms with Crippen LogP contribution >= 0.6 is 12.2 Å². The third-order valence-electron chi connectivity index (χ3n) is 4.12. The number of carbonyl (C=O) groups excluding carboxylic acids is 1. The van der Waals surface area contributed by atoms with Crippen molar-refractivity contribution < 1.29 is 9.72 Å². The Morgan fingerprint density at radius 3 is 2.76 bits per heavy atom. The number of hydrazone groups is 1. The fourth-order valence-corrected chi connectivity index (χ4v) is 3.07. The van der Waals surface area contributed by atoms with Gasteiger partial charge in [0.05, 0.1) is 10.5 Å². The largest absolute Gasteiger partial charge is 0.341 e. The molecule has 2 aliphatic heterocycles. The number of allylic oxidation sites excluding steroid dienone is 1.